The number of aromatic nitrogens is 2. The van der Waals surface area contributed by atoms with E-state index in [0.717, 1.165) is 29.3 Å². The van der Waals surface area contributed by atoms with Crippen molar-refractivity contribution in [3.63, 3.8) is 0 Å². The van der Waals surface area contributed by atoms with E-state index in [1.807, 2.05) is 13.0 Å². The number of aryl methyl sites for hydroxylation is 1. The molecule has 0 saturated heterocycles. The Balaban J connectivity index is 1.53. The number of benzene rings is 3. The van der Waals surface area contributed by atoms with E-state index in [9.17, 15) is 0 Å². The molecule has 3 aromatic carbocycles. The highest BCUT2D eigenvalue weighted by molar-refractivity contribution is 5.83. The largest absolute Gasteiger partial charge is 0.381 e. The molecule has 3 nitrogen and oxygen atoms in total. The number of fused-ring (bicyclic) bond motifs is 1. The van der Waals surface area contributed by atoms with Crippen molar-refractivity contribution in [2.45, 2.75) is 13.5 Å². The summed E-state index contributed by atoms with van der Waals surface area (Å²) in [5.41, 5.74) is 4.39. The monoisotopic (exact) mass is 325 g/mol. The van der Waals surface area contributed by atoms with Crippen molar-refractivity contribution in [2.75, 3.05) is 5.32 Å². The Bertz CT molecular complexity index is 1020. The lowest BCUT2D eigenvalue weighted by Crippen LogP contribution is -1.99. The van der Waals surface area contributed by atoms with Crippen molar-refractivity contribution < 1.29 is 0 Å². The minimum atomic E-state index is 0.784. The molecule has 1 heterocycles. The number of anilines is 1. The summed E-state index contributed by atoms with van der Waals surface area (Å²) >= 11 is 0. The lowest BCUT2D eigenvalue weighted by atomic mass is 10.1. The minimum absolute atomic E-state index is 0.784. The molecule has 0 saturated carbocycles. The quantitative estimate of drug-likeness (QED) is 0.559. The highest BCUT2D eigenvalue weighted by atomic mass is 14.9. The SMILES string of the molecule is Cc1nccc(-c2cccc(NCc3ccc4ccccc4c3)c2)n1. The van der Waals surface area contributed by atoms with Crippen molar-refractivity contribution in [1.29, 1.82) is 0 Å². The highest BCUT2D eigenvalue weighted by Gasteiger charge is 2.02. The zero-order chi connectivity index (χ0) is 17.1. The second-order valence-electron chi connectivity index (χ2n) is 6.10. The van der Waals surface area contributed by atoms with Gasteiger partial charge in [0.15, 0.2) is 0 Å². The Morgan fingerprint density at radius 1 is 0.840 bits per heavy atom. The predicted molar refractivity (Wildman–Crippen MR) is 103 cm³/mol. The molecule has 0 amide bonds. The fourth-order valence-electron chi connectivity index (χ4n) is 2.96. The van der Waals surface area contributed by atoms with E-state index in [1.54, 1.807) is 6.20 Å². The van der Waals surface area contributed by atoms with Crippen molar-refractivity contribution >= 4 is 16.5 Å². The summed E-state index contributed by atoms with van der Waals surface area (Å²) in [7, 11) is 0. The van der Waals surface area contributed by atoms with E-state index >= 15 is 0 Å². The summed E-state index contributed by atoms with van der Waals surface area (Å²) in [6, 6.07) is 25.3. The zero-order valence-electron chi connectivity index (χ0n) is 14.1. The predicted octanol–water partition coefficient (Wildman–Crippen LogP) is 5.22. The van der Waals surface area contributed by atoms with Gasteiger partial charge in [-0.15, -0.1) is 0 Å². The highest BCUT2D eigenvalue weighted by Crippen LogP contribution is 2.22. The summed E-state index contributed by atoms with van der Waals surface area (Å²) in [4.78, 5) is 8.66. The molecular formula is C22H19N3. The number of hydrogen-bond acceptors (Lipinski definition) is 3. The fourth-order valence-corrected chi connectivity index (χ4v) is 2.96. The standard InChI is InChI=1S/C22H19N3/c1-16-23-12-11-22(25-16)20-7-4-8-21(14-20)24-15-17-9-10-18-5-2-3-6-19(18)13-17/h2-14,24H,15H2,1H3. The summed E-state index contributed by atoms with van der Waals surface area (Å²) < 4.78 is 0. The fraction of sp³-hybridized carbons (Fsp3) is 0.0909. The molecule has 0 aliphatic heterocycles. The van der Waals surface area contributed by atoms with Gasteiger partial charge in [-0.3, -0.25) is 0 Å². The molecular weight excluding hydrogens is 306 g/mol. The van der Waals surface area contributed by atoms with Crippen LogP contribution in [0.15, 0.2) is 79.0 Å². The summed E-state index contributed by atoms with van der Waals surface area (Å²) in [5, 5.41) is 6.05. The van der Waals surface area contributed by atoms with Crippen LogP contribution in [0.3, 0.4) is 0 Å². The first-order valence-electron chi connectivity index (χ1n) is 8.39. The van der Waals surface area contributed by atoms with E-state index in [4.69, 9.17) is 0 Å². The van der Waals surface area contributed by atoms with E-state index in [0.29, 0.717) is 0 Å². The van der Waals surface area contributed by atoms with Crippen LogP contribution in [0, 0.1) is 6.92 Å². The average molecular weight is 325 g/mol. The van der Waals surface area contributed by atoms with E-state index in [-0.39, 0.29) is 0 Å². The van der Waals surface area contributed by atoms with Crippen LogP contribution in [0.25, 0.3) is 22.0 Å². The van der Waals surface area contributed by atoms with Gasteiger partial charge in [-0.1, -0.05) is 48.5 Å². The molecule has 0 atom stereocenters. The molecule has 122 valence electrons. The Kier molecular flexibility index (Phi) is 4.13. The van der Waals surface area contributed by atoms with Crippen LogP contribution in [-0.2, 0) is 6.54 Å². The van der Waals surface area contributed by atoms with Gasteiger partial charge in [0.05, 0.1) is 5.69 Å². The van der Waals surface area contributed by atoms with Gasteiger partial charge < -0.3 is 5.32 Å². The Morgan fingerprint density at radius 2 is 1.72 bits per heavy atom. The van der Waals surface area contributed by atoms with Gasteiger partial charge in [0.1, 0.15) is 5.82 Å². The third-order valence-corrected chi connectivity index (χ3v) is 4.24. The van der Waals surface area contributed by atoms with Crippen LogP contribution in [0.2, 0.25) is 0 Å². The Morgan fingerprint density at radius 3 is 2.60 bits per heavy atom. The molecule has 25 heavy (non-hydrogen) atoms. The van der Waals surface area contributed by atoms with Crippen LogP contribution >= 0.6 is 0 Å². The van der Waals surface area contributed by atoms with Gasteiger partial charge in [-0.05, 0) is 47.5 Å². The minimum Gasteiger partial charge on any atom is -0.381 e. The summed E-state index contributed by atoms with van der Waals surface area (Å²) in [6.07, 6.45) is 1.80. The van der Waals surface area contributed by atoms with Crippen LogP contribution in [0.4, 0.5) is 5.69 Å². The Labute approximate surface area is 147 Å². The molecule has 4 rings (SSSR count). The maximum absolute atomic E-state index is 4.50. The van der Waals surface area contributed by atoms with Gasteiger partial charge in [0, 0.05) is 24.0 Å². The van der Waals surface area contributed by atoms with Crippen molar-refractivity contribution in [1.82, 2.24) is 9.97 Å². The number of nitrogens with one attached hydrogen (secondary N) is 1. The molecule has 0 spiro atoms. The van der Waals surface area contributed by atoms with Crippen molar-refractivity contribution in [3.8, 4) is 11.3 Å². The zero-order valence-corrected chi connectivity index (χ0v) is 14.1. The third-order valence-electron chi connectivity index (χ3n) is 4.24. The summed E-state index contributed by atoms with van der Waals surface area (Å²) in [5.74, 6) is 0.784. The first kappa shape index (κ1) is 15.3. The van der Waals surface area contributed by atoms with Gasteiger partial charge in [0.25, 0.3) is 0 Å². The van der Waals surface area contributed by atoms with Gasteiger partial charge in [-0.2, -0.15) is 0 Å². The smallest absolute Gasteiger partial charge is 0.125 e. The molecule has 1 aromatic heterocycles. The molecule has 0 radical (unpaired) electrons. The third kappa shape index (κ3) is 3.50. The molecule has 1 N–H and O–H groups in total. The van der Waals surface area contributed by atoms with Crippen molar-refractivity contribution in [3.05, 3.63) is 90.4 Å². The van der Waals surface area contributed by atoms with E-state index in [1.165, 1.54) is 16.3 Å². The normalized spacial score (nSPS) is 10.8. The second-order valence-corrected chi connectivity index (χ2v) is 6.10. The lowest BCUT2D eigenvalue weighted by molar-refractivity contribution is 1.06. The van der Waals surface area contributed by atoms with Crippen LogP contribution < -0.4 is 5.32 Å². The van der Waals surface area contributed by atoms with Gasteiger partial charge >= 0.3 is 0 Å². The topological polar surface area (TPSA) is 37.8 Å². The first-order chi connectivity index (χ1) is 12.3. The summed E-state index contributed by atoms with van der Waals surface area (Å²) in [6.45, 7) is 2.70. The maximum Gasteiger partial charge on any atom is 0.125 e. The lowest BCUT2D eigenvalue weighted by Gasteiger charge is -2.09. The Hall–Kier alpha value is -3.20. The van der Waals surface area contributed by atoms with E-state index < -0.39 is 0 Å². The second kappa shape index (κ2) is 6.73. The molecule has 0 aliphatic carbocycles. The number of nitrogens with zero attached hydrogens (tertiary/aromatic N) is 2. The number of hydrogen-bond donors (Lipinski definition) is 1. The molecule has 0 bridgehead atoms. The molecule has 3 heteroatoms. The van der Waals surface area contributed by atoms with E-state index in [2.05, 4.69) is 82.0 Å². The molecule has 0 fully saturated rings. The number of rotatable bonds is 4. The molecule has 0 aliphatic rings. The van der Waals surface area contributed by atoms with Crippen LogP contribution in [0.1, 0.15) is 11.4 Å². The molecule has 0 unspecified atom stereocenters. The van der Waals surface area contributed by atoms with Crippen LogP contribution in [0.5, 0.6) is 0 Å². The maximum atomic E-state index is 4.50. The van der Waals surface area contributed by atoms with Crippen molar-refractivity contribution in [2.24, 2.45) is 0 Å². The molecule has 4 aromatic rings. The van der Waals surface area contributed by atoms with Crippen LogP contribution in [-0.4, -0.2) is 9.97 Å². The average Bonchev–Trinajstić information content (AvgIpc) is 2.66. The first-order valence-corrected chi connectivity index (χ1v) is 8.39. The van der Waals surface area contributed by atoms with Gasteiger partial charge in [0.2, 0.25) is 0 Å². The van der Waals surface area contributed by atoms with Gasteiger partial charge in [-0.25, -0.2) is 9.97 Å².